The van der Waals surface area contributed by atoms with Crippen LogP contribution in [0, 0.1) is 6.92 Å². The molecular weight excluding hydrogens is 332 g/mol. The third-order valence-corrected chi connectivity index (χ3v) is 4.29. The van der Waals surface area contributed by atoms with E-state index in [0.29, 0.717) is 12.3 Å². The predicted octanol–water partition coefficient (Wildman–Crippen LogP) is 2.47. The minimum absolute atomic E-state index is 0.178. The molecule has 26 heavy (non-hydrogen) atoms. The van der Waals surface area contributed by atoms with Crippen LogP contribution in [-0.2, 0) is 0 Å². The Morgan fingerprint density at radius 3 is 2.81 bits per heavy atom. The van der Waals surface area contributed by atoms with Crippen molar-refractivity contribution in [3.8, 4) is 0 Å². The maximum Gasteiger partial charge on any atom is 0.262 e. The molecular formula is C19H22N4O3. The molecule has 0 spiro atoms. The van der Waals surface area contributed by atoms with E-state index in [1.807, 2.05) is 18.2 Å². The van der Waals surface area contributed by atoms with Crippen molar-refractivity contribution in [2.45, 2.75) is 20.3 Å². The van der Waals surface area contributed by atoms with E-state index < -0.39 is 0 Å². The van der Waals surface area contributed by atoms with E-state index in [2.05, 4.69) is 39.2 Å². The van der Waals surface area contributed by atoms with Crippen LogP contribution < -0.4 is 15.8 Å². The second-order valence-electron chi connectivity index (χ2n) is 5.97. The van der Waals surface area contributed by atoms with Crippen molar-refractivity contribution in [3.63, 3.8) is 0 Å². The Morgan fingerprint density at radius 1 is 1.31 bits per heavy atom. The van der Waals surface area contributed by atoms with Gasteiger partial charge >= 0.3 is 0 Å². The van der Waals surface area contributed by atoms with E-state index in [4.69, 9.17) is 4.42 Å². The van der Waals surface area contributed by atoms with Crippen LogP contribution in [0.1, 0.15) is 29.5 Å². The lowest BCUT2D eigenvalue weighted by Crippen LogP contribution is -2.30. The molecule has 0 fully saturated rings. The molecule has 136 valence electrons. The molecule has 0 bridgehead atoms. The van der Waals surface area contributed by atoms with Crippen molar-refractivity contribution >= 4 is 22.7 Å². The molecule has 0 aliphatic carbocycles. The molecule has 1 amide bonds. The van der Waals surface area contributed by atoms with Gasteiger partial charge in [0, 0.05) is 25.3 Å². The number of carbonyl (C=O) groups excluding carboxylic acids is 1. The van der Waals surface area contributed by atoms with Crippen molar-refractivity contribution in [2.24, 2.45) is 0 Å². The molecule has 0 aliphatic rings. The van der Waals surface area contributed by atoms with E-state index in [-0.39, 0.29) is 28.1 Å². The van der Waals surface area contributed by atoms with Gasteiger partial charge < -0.3 is 19.6 Å². The average Bonchev–Trinajstić information content (AvgIpc) is 2.99. The van der Waals surface area contributed by atoms with Gasteiger partial charge in [0.25, 0.3) is 11.5 Å². The summed E-state index contributed by atoms with van der Waals surface area (Å²) in [5, 5.41) is 3.07. The van der Waals surface area contributed by atoms with Crippen LogP contribution in [0.4, 0.5) is 5.69 Å². The number of anilines is 1. The number of hydrogen-bond donors (Lipinski definition) is 2. The maximum atomic E-state index is 12.5. The molecule has 0 radical (unpaired) electrons. The van der Waals surface area contributed by atoms with Gasteiger partial charge in [0.05, 0.1) is 11.9 Å². The number of nitrogens with one attached hydrogen (secondary N) is 2. The summed E-state index contributed by atoms with van der Waals surface area (Å²) in [4.78, 5) is 33.2. The Morgan fingerprint density at radius 2 is 2.08 bits per heavy atom. The number of nitrogens with zero attached hydrogens (tertiary/aromatic N) is 2. The normalized spacial score (nSPS) is 10.8. The number of carbonyl (C=O) groups is 1. The summed E-state index contributed by atoms with van der Waals surface area (Å²) in [6.45, 7) is 5.99. The summed E-state index contributed by atoms with van der Waals surface area (Å²) < 4.78 is 5.42. The van der Waals surface area contributed by atoms with Crippen LogP contribution in [0.3, 0.4) is 0 Å². The standard InChI is InChI=1S/C19H22N4O3/c1-3-23(14-8-5-4-6-9-14)11-7-10-20-17(24)15-13(2)26-19-16(15)18(25)21-12-22-19/h4-6,8-9,12H,3,7,10-11H2,1-2H3,(H,20,24)(H,21,22,25). The Hall–Kier alpha value is -3.09. The lowest BCUT2D eigenvalue weighted by molar-refractivity contribution is 0.0953. The molecule has 0 aliphatic heterocycles. The number of aryl methyl sites for hydroxylation is 1. The summed E-state index contributed by atoms with van der Waals surface area (Å²) in [7, 11) is 0. The molecule has 0 atom stereocenters. The SMILES string of the molecule is CCN(CCCNC(=O)c1c(C)oc2nc[nH]c(=O)c12)c1ccccc1. The minimum Gasteiger partial charge on any atom is -0.442 e. The molecule has 2 heterocycles. The van der Waals surface area contributed by atoms with Crippen molar-refractivity contribution in [2.75, 3.05) is 24.5 Å². The fraction of sp³-hybridized carbons (Fsp3) is 0.316. The topological polar surface area (TPSA) is 91.2 Å². The van der Waals surface area contributed by atoms with Crippen LogP contribution >= 0.6 is 0 Å². The van der Waals surface area contributed by atoms with Gasteiger partial charge in [0.15, 0.2) is 0 Å². The number of furan rings is 1. The highest BCUT2D eigenvalue weighted by atomic mass is 16.3. The number of fused-ring (bicyclic) bond motifs is 1. The van der Waals surface area contributed by atoms with E-state index in [1.54, 1.807) is 6.92 Å². The number of amides is 1. The highest BCUT2D eigenvalue weighted by molar-refractivity contribution is 6.06. The molecule has 0 unspecified atom stereocenters. The third-order valence-electron chi connectivity index (χ3n) is 4.29. The van der Waals surface area contributed by atoms with Gasteiger partial charge in [0.1, 0.15) is 11.1 Å². The highest BCUT2D eigenvalue weighted by Gasteiger charge is 2.21. The van der Waals surface area contributed by atoms with E-state index in [9.17, 15) is 9.59 Å². The Bertz CT molecular complexity index is 946. The molecule has 2 N–H and O–H groups in total. The van der Waals surface area contributed by atoms with Crippen LogP contribution in [0.5, 0.6) is 0 Å². The lowest BCUT2D eigenvalue weighted by atomic mass is 10.2. The fourth-order valence-electron chi connectivity index (χ4n) is 3.00. The number of H-pyrrole nitrogens is 1. The van der Waals surface area contributed by atoms with Gasteiger partial charge in [0.2, 0.25) is 5.71 Å². The van der Waals surface area contributed by atoms with Gasteiger partial charge in [-0.05, 0) is 32.4 Å². The lowest BCUT2D eigenvalue weighted by Gasteiger charge is -2.23. The third kappa shape index (κ3) is 3.61. The van der Waals surface area contributed by atoms with Crippen molar-refractivity contribution in [1.29, 1.82) is 0 Å². The number of rotatable bonds is 7. The molecule has 3 aromatic rings. The van der Waals surface area contributed by atoms with Crippen molar-refractivity contribution < 1.29 is 9.21 Å². The quantitative estimate of drug-likeness (QED) is 0.636. The van der Waals surface area contributed by atoms with E-state index >= 15 is 0 Å². The van der Waals surface area contributed by atoms with Crippen LogP contribution in [0.25, 0.3) is 11.1 Å². The zero-order valence-electron chi connectivity index (χ0n) is 14.9. The average molecular weight is 354 g/mol. The zero-order valence-corrected chi connectivity index (χ0v) is 14.9. The second kappa shape index (κ2) is 7.86. The molecule has 0 saturated heterocycles. The van der Waals surface area contributed by atoms with E-state index in [1.165, 1.54) is 6.33 Å². The zero-order chi connectivity index (χ0) is 18.5. The number of aromatic amines is 1. The van der Waals surface area contributed by atoms with Gasteiger partial charge in [-0.3, -0.25) is 9.59 Å². The Labute approximate surface area is 151 Å². The summed E-state index contributed by atoms with van der Waals surface area (Å²) >= 11 is 0. The summed E-state index contributed by atoms with van der Waals surface area (Å²) in [6, 6.07) is 10.2. The Balaban J connectivity index is 1.62. The molecule has 1 aromatic carbocycles. The first-order valence-electron chi connectivity index (χ1n) is 8.66. The number of benzene rings is 1. The van der Waals surface area contributed by atoms with E-state index in [0.717, 1.165) is 25.2 Å². The fourth-order valence-corrected chi connectivity index (χ4v) is 3.00. The van der Waals surface area contributed by atoms with Gasteiger partial charge in [-0.1, -0.05) is 18.2 Å². The smallest absolute Gasteiger partial charge is 0.262 e. The van der Waals surface area contributed by atoms with Crippen LogP contribution in [0.15, 0.2) is 45.9 Å². The molecule has 0 saturated carbocycles. The first-order valence-corrected chi connectivity index (χ1v) is 8.66. The maximum absolute atomic E-state index is 12.5. The number of hydrogen-bond acceptors (Lipinski definition) is 5. The minimum atomic E-state index is -0.377. The van der Waals surface area contributed by atoms with Crippen LogP contribution in [-0.4, -0.2) is 35.5 Å². The molecule has 3 rings (SSSR count). The van der Waals surface area contributed by atoms with Gasteiger partial charge in [-0.15, -0.1) is 0 Å². The highest BCUT2D eigenvalue weighted by Crippen LogP contribution is 2.20. The van der Waals surface area contributed by atoms with Crippen molar-refractivity contribution in [1.82, 2.24) is 15.3 Å². The molecule has 7 heteroatoms. The van der Waals surface area contributed by atoms with Crippen molar-refractivity contribution in [3.05, 3.63) is 58.3 Å². The first kappa shape index (κ1) is 17.7. The summed E-state index contributed by atoms with van der Waals surface area (Å²) in [5.41, 5.74) is 1.22. The molecule has 7 nitrogen and oxygen atoms in total. The van der Waals surface area contributed by atoms with Crippen LogP contribution in [0.2, 0.25) is 0 Å². The van der Waals surface area contributed by atoms with Gasteiger partial charge in [-0.25, -0.2) is 4.98 Å². The second-order valence-corrected chi connectivity index (χ2v) is 5.97. The number of aromatic nitrogens is 2. The first-order chi connectivity index (χ1) is 12.6. The molecule has 2 aromatic heterocycles. The predicted molar refractivity (Wildman–Crippen MR) is 101 cm³/mol. The summed E-state index contributed by atoms with van der Waals surface area (Å²) in [6.07, 6.45) is 2.05. The monoisotopic (exact) mass is 354 g/mol. The summed E-state index contributed by atoms with van der Waals surface area (Å²) in [5.74, 6) is 0.0729. The van der Waals surface area contributed by atoms with Gasteiger partial charge in [-0.2, -0.15) is 0 Å². The largest absolute Gasteiger partial charge is 0.442 e. The number of para-hydroxylation sites is 1. The Kier molecular flexibility index (Phi) is 5.36.